The van der Waals surface area contributed by atoms with E-state index in [0.29, 0.717) is 0 Å². The summed E-state index contributed by atoms with van der Waals surface area (Å²) >= 11 is 0. The third-order valence-electron chi connectivity index (χ3n) is 9.13. The minimum Gasteiger partial charge on any atom is -0.309 e. The van der Waals surface area contributed by atoms with Crippen molar-refractivity contribution in [3.8, 4) is 39.2 Å². The summed E-state index contributed by atoms with van der Waals surface area (Å²) in [5.74, 6) is 0. The van der Waals surface area contributed by atoms with E-state index >= 15 is 0 Å². The number of aromatic nitrogens is 3. The zero-order chi connectivity index (χ0) is 30.6. The molecule has 9 aromatic rings. The Kier molecular flexibility index (Phi) is 6.04. The number of fused-ring (bicyclic) bond motifs is 6. The summed E-state index contributed by atoms with van der Waals surface area (Å²) in [5, 5.41) is 7.47. The lowest BCUT2D eigenvalue weighted by molar-refractivity contribution is 1.19. The summed E-state index contributed by atoms with van der Waals surface area (Å²) in [7, 11) is 0. The first-order valence-corrected chi connectivity index (χ1v) is 15.6. The van der Waals surface area contributed by atoms with Gasteiger partial charge in [0.15, 0.2) is 0 Å². The van der Waals surface area contributed by atoms with Gasteiger partial charge in [0, 0.05) is 51.1 Å². The van der Waals surface area contributed by atoms with Crippen LogP contribution in [0.1, 0.15) is 5.69 Å². The van der Waals surface area contributed by atoms with Crippen LogP contribution < -0.4 is 0 Å². The molecule has 0 spiro atoms. The molecule has 3 heteroatoms. The Bertz CT molecular complexity index is 2580. The van der Waals surface area contributed by atoms with Gasteiger partial charge < -0.3 is 4.57 Å². The van der Waals surface area contributed by atoms with E-state index in [-0.39, 0.29) is 0 Å². The van der Waals surface area contributed by atoms with Crippen molar-refractivity contribution in [2.24, 2.45) is 0 Å². The van der Waals surface area contributed by atoms with Gasteiger partial charge in [-0.1, -0.05) is 97.1 Å². The normalized spacial score (nSPS) is 11.6. The summed E-state index contributed by atoms with van der Waals surface area (Å²) in [6.45, 7) is 2.01. The molecule has 0 bridgehead atoms. The number of nitrogens with zero attached hydrogens (tertiary/aromatic N) is 3. The second-order valence-corrected chi connectivity index (χ2v) is 12.0. The average molecular weight is 588 g/mol. The lowest BCUT2D eigenvalue weighted by Crippen LogP contribution is -1.94. The molecule has 0 atom stereocenters. The van der Waals surface area contributed by atoms with Crippen molar-refractivity contribution in [1.29, 1.82) is 0 Å². The van der Waals surface area contributed by atoms with Gasteiger partial charge in [-0.05, 0) is 88.3 Å². The maximum Gasteiger partial charge on any atom is 0.0703 e. The third kappa shape index (κ3) is 4.36. The van der Waals surface area contributed by atoms with Crippen molar-refractivity contribution >= 4 is 43.4 Å². The molecule has 3 heterocycles. The Balaban J connectivity index is 1.22. The highest BCUT2D eigenvalue weighted by Crippen LogP contribution is 2.39. The van der Waals surface area contributed by atoms with Crippen LogP contribution in [0.3, 0.4) is 0 Å². The molecule has 216 valence electrons. The fourth-order valence-corrected chi connectivity index (χ4v) is 6.85. The van der Waals surface area contributed by atoms with Gasteiger partial charge in [0.2, 0.25) is 0 Å². The molecule has 0 N–H and O–H groups in total. The molecule has 46 heavy (non-hydrogen) atoms. The van der Waals surface area contributed by atoms with Crippen LogP contribution in [-0.2, 0) is 0 Å². The predicted octanol–water partition coefficient (Wildman–Crippen LogP) is 11.2. The lowest BCUT2D eigenvalue weighted by Gasteiger charge is -2.12. The molecule has 0 amide bonds. The van der Waals surface area contributed by atoms with Crippen LogP contribution in [0.2, 0.25) is 0 Å². The van der Waals surface area contributed by atoms with Crippen molar-refractivity contribution in [2.75, 3.05) is 0 Å². The summed E-state index contributed by atoms with van der Waals surface area (Å²) in [6.07, 6.45) is 3.82. The number of pyridine rings is 2. The molecule has 9 rings (SSSR count). The molecule has 0 saturated carbocycles. The van der Waals surface area contributed by atoms with Crippen LogP contribution in [-0.4, -0.2) is 14.5 Å². The highest BCUT2D eigenvalue weighted by atomic mass is 15.0. The van der Waals surface area contributed by atoms with Gasteiger partial charge in [0.25, 0.3) is 0 Å². The SMILES string of the molecule is Cc1cc(-c2ccc(-c3ccc4c5ccc6cc(-c7ccc8ccccc8c7)ccc6c5n(-c5ccccc5)c4c3)cn2)ccn1. The van der Waals surface area contributed by atoms with E-state index in [1.54, 1.807) is 0 Å². The Labute approximate surface area is 267 Å². The maximum absolute atomic E-state index is 4.83. The van der Waals surface area contributed by atoms with Crippen molar-refractivity contribution < 1.29 is 0 Å². The minimum atomic E-state index is 0.947. The largest absolute Gasteiger partial charge is 0.309 e. The van der Waals surface area contributed by atoms with E-state index in [1.165, 1.54) is 54.5 Å². The van der Waals surface area contributed by atoms with Gasteiger partial charge >= 0.3 is 0 Å². The van der Waals surface area contributed by atoms with Crippen LogP contribution in [0.15, 0.2) is 158 Å². The van der Waals surface area contributed by atoms with E-state index in [9.17, 15) is 0 Å². The van der Waals surface area contributed by atoms with Gasteiger partial charge in [-0.15, -0.1) is 0 Å². The van der Waals surface area contributed by atoms with Gasteiger partial charge in [0.1, 0.15) is 0 Å². The van der Waals surface area contributed by atoms with E-state index in [0.717, 1.165) is 33.8 Å². The second kappa shape index (κ2) is 10.5. The molecule has 0 radical (unpaired) electrons. The number of benzene rings is 6. The molecular formula is C43H29N3. The zero-order valence-corrected chi connectivity index (χ0v) is 25.4. The smallest absolute Gasteiger partial charge is 0.0703 e. The molecular weight excluding hydrogens is 558 g/mol. The highest BCUT2D eigenvalue weighted by molar-refractivity contribution is 6.19. The van der Waals surface area contributed by atoms with Crippen LogP contribution in [0.5, 0.6) is 0 Å². The predicted molar refractivity (Wildman–Crippen MR) is 192 cm³/mol. The molecule has 0 aliphatic carbocycles. The van der Waals surface area contributed by atoms with Crippen LogP contribution >= 0.6 is 0 Å². The van der Waals surface area contributed by atoms with Crippen molar-refractivity contribution in [3.05, 3.63) is 164 Å². The summed E-state index contributed by atoms with van der Waals surface area (Å²) in [4.78, 5) is 9.15. The highest BCUT2D eigenvalue weighted by Gasteiger charge is 2.17. The van der Waals surface area contributed by atoms with E-state index in [4.69, 9.17) is 4.98 Å². The van der Waals surface area contributed by atoms with Crippen LogP contribution in [0.25, 0.3) is 82.5 Å². The summed E-state index contributed by atoms with van der Waals surface area (Å²) in [6, 6.07) is 52.6. The molecule has 0 saturated heterocycles. The van der Waals surface area contributed by atoms with Gasteiger partial charge in [-0.2, -0.15) is 0 Å². The fraction of sp³-hybridized carbons (Fsp3) is 0.0233. The molecule has 3 nitrogen and oxygen atoms in total. The number of hydrogen-bond acceptors (Lipinski definition) is 2. The molecule has 6 aromatic carbocycles. The lowest BCUT2D eigenvalue weighted by atomic mass is 9.97. The Morgan fingerprint density at radius 1 is 0.457 bits per heavy atom. The first kappa shape index (κ1) is 26.4. The van der Waals surface area contributed by atoms with E-state index in [1.807, 2.05) is 25.4 Å². The first-order chi connectivity index (χ1) is 22.7. The van der Waals surface area contributed by atoms with Crippen molar-refractivity contribution in [3.63, 3.8) is 0 Å². The second-order valence-electron chi connectivity index (χ2n) is 12.0. The number of aryl methyl sites for hydroxylation is 1. The molecule has 3 aromatic heterocycles. The first-order valence-electron chi connectivity index (χ1n) is 15.6. The van der Waals surface area contributed by atoms with E-state index in [2.05, 4.69) is 149 Å². The zero-order valence-electron chi connectivity index (χ0n) is 25.4. The molecule has 0 fully saturated rings. The Morgan fingerprint density at radius 2 is 1.13 bits per heavy atom. The van der Waals surface area contributed by atoms with Gasteiger partial charge in [-0.25, -0.2) is 0 Å². The number of para-hydroxylation sites is 1. The molecule has 0 aliphatic heterocycles. The van der Waals surface area contributed by atoms with Gasteiger partial charge in [-0.3, -0.25) is 9.97 Å². The Morgan fingerprint density at radius 3 is 1.93 bits per heavy atom. The van der Waals surface area contributed by atoms with Crippen molar-refractivity contribution in [2.45, 2.75) is 6.92 Å². The van der Waals surface area contributed by atoms with Crippen LogP contribution in [0, 0.1) is 6.92 Å². The Hall–Kier alpha value is -6.06. The van der Waals surface area contributed by atoms with Crippen molar-refractivity contribution in [1.82, 2.24) is 14.5 Å². The molecule has 0 unspecified atom stereocenters. The quantitative estimate of drug-likeness (QED) is 0.205. The maximum atomic E-state index is 4.83. The van der Waals surface area contributed by atoms with Crippen LogP contribution in [0.4, 0.5) is 0 Å². The average Bonchev–Trinajstić information content (AvgIpc) is 3.46. The summed E-state index contributed by atoms with van der Waals surface area (Å²) < 4.78 is 2.42. The standard InChI is InChI=1S/C43H29N3/c1-28-23-35(21-22-44-28)41-20-16-36(27-45-41)33-14-18-39-40-19-15-34-25-32(31-12-11-29-7-5-6-8-30(29)24-31)13-17-38(34)43(40)46(42(39)26-33)37-9-3-2-4-10-37/h2-27H,1H3. The minimum absolute atomic E-state index is 0.947. The fourth-order valence-electron chi connectivity index (χ4n) is 6.85. The monoisotopic (exact) mass is 587 g/mol. The molecule has 0 aliphatic rings. The van der Waals surface area contributed by atoms with Gasteiger partial charge in [0.05, 0.1) is 16.7 Å². The number of rotatable bonds is 4. The third-order valence-corrected chi connectivity index (χ3v) is 9.13. The summed E-state index contributed by atoms with van der Waals surface area (Å²) in [5.41, 5.74) is 11.2. The topological polar surface area (TPSA) is 30.7 Å². The van der Waals surface area contributed by atoms with E-state index < -0.39 is 0 Å². The number of hydrogen-bond donors (Lipinski definition) is 0.